The van der Waals surface area contributed by atoms with Crippen LogP contribution in [0.15, 0.2) is 48.5 Å². The van der Waals surface area contributed by atoms with E-state index in [9.17, 15) is 22.0 Å². The summed E-state index contributed by atoms with van der Waals surface area (Å²) in [6.45, 7) is 9.06. The van der Waals surface area contributed by atoms with Crippen molar-refractivity contribution in [1.29, 1.82) is 0 Å². The number of nitrogens with zero attached hydrogens (tertiary/aromatic N) is 2. The number of aromatic nitrogens is 1. The van der Waals surface area contributed by atoms with Crippen molar-refractivity contribution in [2.45, 2.75) is 19.6 Å². The summed E-state index contributed by atoms with van der Waals surface area (Å²) >= 11 is 1.31. The molecule has 0 unspecified atom stereocenters. The van der Waals surface area contributed by atoms with E-state index in [0.29, 0.717) is 28.2 Å². The van der Waals surface area contributed by atoms with Gasteiger partial charge in [0.2, 0.25) is 0 Å². The van der Waals surface area contributed by atoms with Crippen molar-refractivity contribution in [3.05, 3.63) is 87.7 Å². The summed E-state index contributed by atoms with van der Waals surface area (Å²) in [5.41, 5.74) is 0.0277. The van der Waals surface area contributed by atoms with Gasteiger partial charge in [0.25, 0.3) is 0 Å². The van der Waals surface area contributed by atoms with Crippen LogP contribution in [0.1, 0.15) is 16.1 Å². The molecule has 0 amide bonds. The first-order valence-corrected chi connectivity index (χ1v) is 9.61. The maximum absolute atomic E-state index is 13.6. The molecule has 4 aromatic rings. The zero-order chi connectivity index (χ0) is 21.6. The average molecular weight is 432 g/mol. The van der Waals surface area contributed by atoms with Crippen LogP contribution in [0.3, 0.4) is 0 Å². The Hall–Kier alpha value is -3.18. The van der Waals surface area contributed by atoms with Crippen molar-refractivity contribution in [2.24, 2.45) is 0 Å². The molecule has 8 heteroatoms. The number of alkyl halides is 3. The summed E-state index contributed by atoms with van der Waals surface area (Å²) < 4.78 is 69.5. The van der Waals surface area contributed by atoms with E-state index < -0.39 is 29.1 Å². The zero-order valence-electron chi connectivity index (χ0n) is 15.5. The summed E-state index contributed by atoms with van der Waals surface area (Å²) in [5.74, 6) is -1.36. The Morgan fingerprint density at radius 3 is 2.33 bits per heavy atom. The van der Waals surface area contributed by atoms with Gasteiger partial charge < -0.3 is 4.57 Å². The molecule has 152 valence electrons. The number of thiophene rings is 1. The van der Waals surface area contributed by atoms with Crippen molar-refractivity contribution in [1.82, 2.24) is 4.57 Å². The van der Waals surface area contributed by atoms with Crippen LogP contribution in [-0.2, 0) is 12.7 Å². The van der Waals surface area contributed by atoms with Gasteiger partial charge in [-0.2, -0.15) is 13.2 Å². The second-order valence-electron chi connectivity index (χ2n) is 6.80. The number of fused-ring (bicyclic) bond motifs is 1. The minimum Gasteiger partial charge on any atom is -0.340 e. The van der Waals surface area contributed by atoms with Gasteiger partial charge >= 0.3 is 6.18 Å². The molecule has 0 bridgehead atoms. The molecule has 30 heavy (non-hydrogen) atoms. The molecule has 2 heterocycles. The van der Waals surface area contributed by atoms with Crippen molar-refractivity contribution in [3.8, 4) is 10.4 Å². The summed E-state index contributed by atoms with van der Waals surface area (Å²) in [7, 11) is 0. The smallest absolute Gasteiger partial charge is 0.340 e. The van der Waals surface area contributed by atoms with Gasteiger partial charge in [0.05, 0.1) is 18.7 Å². The predicted octanol–water partition coefficient (Wildman–Crippen LogP) is 7.57. The van der Waals surface area contributed by atoms with Gasteiger partial charge in [0.15, 0.2) is 5.69 Å². The van der Waals surface area contributed by atoms with Crippen LogP contribution < -0.4 is 0 Å². The summed E-state index contributed by atoms with van der Waals surface area (Å²) in [6.07, 6.45) is -4.64. The van der Waals surface area contributed by atoms with Crippen molar-refractivity contribution >= 4 is 27.9 Å². The quantitative estimate of drug-likeness (QED) is 0.233. The Morgan fingerprint density at radius 1 is 1.00 bits per heavy atom. The van der Waals surface area contributed by atoms with Crippen molar-refractivity contribution < 1.29 is 22.0 Å². The third-order valence-corrected chi connectivity index (χ3v) is 5.92. The highest BCUT2D eigenvalue weighted by Crippen LogP contribution is 2.42. The Bertz CT molecular complexity index is 1290. The lowest BCUT2D eigenvalue weighted by Crippen LogP contribution is -2.06. The van der Waals surface area contributed by atoms with E-state index in [4.69, 9.17) is 6.57 Å². The van der Waals surface area contributed by atoms with E-state index in [2.05, 4.69) is 4.85 Å². The van der Waals surface area contributed by atoms with E-state index in [1.807, 2.05) is 0 Å². The molecule has 0 atom stereocenters. The fourth-order valence-electron chi connectivity index (χ4n) is 3.53. The molecule has 4 rings (SSSR count). The van der Waals surface area contributed by atoms with Crippen LogP contribution in [0.25, 0.3) is 26.2 Å². The molecule has 0 fully saturated rings. The van der Waals surface area contributed by atoms with E-state index in [0.717, 1.165) is 10.9 Å². The topological polar surface area (TPSA) is 9.29 Å². The summed E-state index contributed by atoms with van der Waals surface area (Å²) in [4.78, 5) is 4.50. The van der Waals surface area contributed by atoms with Gasteiger partial charge in [-0.15, -0.1) is 11.3 Å². The Kier molecular flexibility index (Phi) is 4.86. The van der Waals surface area contributed by atoms with Gasteiger partial charge in [-0.3, -0.25) is 0 Å². The lowest BCUT2D eigenvalue weighted by molar-refractivity contribution is -0.135. The minimum atomic E-state index is -4.64. The maximum Gasteiger partial charge on any atom is 0.408 e. The number of rotatable bonds is 3. The molecule has 0 saturated carbocycles. The van der Waals surface area contributed by atoms with Gasteiger partial charge in [-0.05, 0) is 48.9 Å². The van der Waals surface area contributed by atoms with Crippen molar-refractivity contribution in [3.63, 3.8) is 0 Å². The normalized spacial score (nSPS) is 11.8. The summed E-state index contributed by atoms with van der Waals surface area (Å²) in [6, 6.07) is 10.9. The zero-order valence-corrected chi connectivity index (χ0v) is 16.3. The molecule has 2 aromatic heterocycles. The SMILES string of the molecule is [C-]#[N+]c1ccc2c(cc(C)n2Cc2ccc(-c3cc(F)cc(F)c3)s2)c1C(F)(F)F. The fourth-order valence-corrected chi connectivity index (χ4v) is 4.51. The highest BCUT2D eigenvalue weighted by atomic mass is 32.1. The van der Waals surface area contributed by atoms with Crippen molar-refractivity contribution in [2.75, 3.05) is 0 Å². The average Bonchev–Trinajstić information content (AvgIpc) is 3.24. The van der Waals surface area contributed by atoms with Gasteiger partial charge in [0.1, 0.15) is 11.6 Å². The fraction of sp³-hybridized carbons (Fsp3) is 0.136. The monoisotopic (exact) mass is 432 g/mol. The van der Waals surface area contributed by atoms with E-state index in [1.54, 1.807) is 23.6 Å². The lowest BCUT2D eigenvalue weighted by Gasteiger charge is -2.12. The molecule has 0 aliphatic rings. The largest absolute Gasteiger partial charge is 0.408 e. The first kappa shape index (κ1) is 20.1. The van der Waals surface area contributed by atoms with Gasteiger partial charge in [0, 0.05) is 32.4 Å². The lowest BCUT2D eigenvalue weighted by atomic mass is 10.1. The Labute approximate surface area is 172 Å². The van der Waals surface area contributed by atoms with Crippen LogP contribution in [0.4, 0.5) is 27.6 Å². The molecule has 2 aromatic carbocycles. The molecule has 0 N–H and O–H groups in total. The predicted molar refractivity (Wildman–Crippen MR) is 107 cm³/mol. The standard InChI is InChI=1S/C22H13F5N2S/c1-12-7-17-19(5-4-18(28-2)21(17)22(25,26)27)29(12)11-16-3-6-20(30-16)13-8-14(23)10-15(24)9-13/h3-10H,11H2,1H3. The molecule has 2 nitrogen and oxygen atoms in total. The van der Waals surface area contributed by atoms with Gasteiger partial charge in [-0.1, -0.05) is 6.07 Å². The second kappa shape index (κ2) is 7.26. The third kappa shape index (κ3) is 3.57. The molecule has 0 aliphatic heterocycles. The van der Waals surface area contributed by atoms with E-state index in [1.165, 1.54) is 41.7 Å². The maximum atomic E-state index is 13.6. The van der Waals surface area contributed by atoms with Crippen LogP contribution >= 0.6 is 11.3 Å². The minimum absolute atomic E-state index is 0.0162. The number of benzene rings is 2. The van der Waals surface area contributed by atoms with E-state index in [-0.39, 0.29) is 5.39 Å². The number of hydrogen-bond donors (Lipinski definition) is 0. The first-order valence-electron chi connectivity index (χ1n) is 8.80. The van der Waals surface area contributed by atoms with Crippen LogP contribution in [0, 0.1) is 25.1 Å². The van der Waals surface area contributed by atoms with Gasteiger partial charge in [-0.25, -0.2) is 13.6 Å². The molecular formula is C22H13F5N2S. The molecule has 0 spiro atoms. The molecular weight excluding hydrogens is 419 g/mol. The molecule has 0 aliphatic carbocycles. The number of halogens is 5. The third-order valence-electron chi connectivity index (χ3n) is 4.80. The summed E-state index contributed by atoms with van der Waals surface area (Å²) in [5, 5.41) is -0.0162. The second-order valence-corrected chi connectivity index (χ2v) is 7.97. The molecule has 0 saturated heterocycles. The van der Waals surface area contributed by atoms with Crippen LogP contribution in [0.2, 0.25) is 0 Å². The number of aryl methyl sites for hydroxylation is 1. The first-order chi connectivity index (χ1) is 14.2. The van der Waals surface area contributed by atoms with E-state index >= 15 is 0 Å². The molecule has 0 radical (unpaired) electrons. The Morgan fingerprint density at radius 2 is 1.70 bits per heavy atom. The highest BCUT2D eigenvalue weighted by molar-refractivity contribution is 7.15. The van der Waals surface area contributed by atoms with Crippen LogP contribution in [-0.4, -0.2) is 4.57 Å². The van der Waals surface area contributed by atoms with Crippen LogP contribution in [0.5, 0.6) is 0 Å². The highest BCUT2D eigenvalue weighted by Gasteiger charge is 2.36. The Balaban J connectivity index is 1.76. The number of hydrogen-bond acceptors (Lipinski definition) is 1.